The van der Waals surface area contributed by atoms with Crippen molar-refractivity contribution in [2.75, 3.05) is 5.32 Å². The molecule has 5 nitrogen and oxygen atoms in total. The molecule has 84 valence electrons. The van der Waals surface area contributed by atoms with Gasteiger partial charge in [-0.1, -0.05) is 0 Å². The van der Waals surface area contributed by atoms with E-state index in [9.17, 15) is 4.79 Å². The molecule has 2 aromatic heterocycles. The van der Waals surface area contributed by atoms with Crippen molar-refractivity contribution >= 4 is 27.9 Å². The average molecular weight is 284 g/mol. The zero-order valence-corrected chi connectivity index (χ0v) is 10.4. The van der Waals surface area contributed by atoms with E-state index < -0.39 is 0 Å². The number of aryl methyl sites for hydroxylation is 2. The summed E-state index contributed by atoms with van der Waals surface area (Å²) < 4.78 is 7.61. The summed E-state index contributed by atoms with van der Waals surface area (Å²) in [7, 11) is 1.79. The number of nitrogens with one attached hydrogen (secondary N) is 1. The number of rotatable bonds is 2. The minimum absolute atomic E-state index is 0.208. The Kier molecular flexibility index (Phi) is 2.82. The second-order valence-electron chi connectivity index (χ2n) is 3.40. The van der Waals surface area contributed by atoms with Gasteiger partial charge in [0.15, 0.2) is 0 Å². The molecular weight excluding hydrogens is 274 g/mol. The molecule has 0 spiro atoms. The molecule has 0 fully saturated rings. The van der Waals surface area contributed by atoms with E-state index in [0.29, 0.717) is 5.69 Å². The standard InChI is InChI=1S/C10H10BrN3O2/c1-6-5-16-10(12-6)13-9(15)8-3-7(11)4-14(8)2/h3-5H,1-2H3,(H,12,13,15). The molecule has 0 bridgehead atoms. The Bertz CT molecular complexity index is 530. The van der Waals surface area contributed by atoms with E-state index in [1.54, 1.807) is 30.8 Å². The van der Waals surface area contributed by atoms with E-state index in [-0.39, 0.29) is 11.9 Å². The summed E-state index contributed by atoms with van der Waals surface area (Å²) in [6.07, 6.45) is 3.28. The van der Waals surface area contributed by atoms with Gasteiger partial charge in [-0.05, 0) is 28.9 Å². The quantitative estimate of drug-likeness (QED) is 0.920. The Balaban J connectivity index is 2.17. The lowest BCUT2D eigenvalue weighted by molar-refractivity contribution is 0.101. The number of hydrogen-bond acceptors (Lipinski definition) is 3. The third-order valence-corrected chi connectivity index (χ3v) is 2.48. The molecule has 0 saturated heterocycles. The van der Waals surface area contributed by atoms with E-state index in [1.807, 2.05) is 0 Å². The van der Waals surface area contributed by atoms with E-state index in [2.05, 4.69) is 26.2 Å². The summed E-state index contributed by atoms with van der Waals surface area (Å²) in [6, 6.07) is 1.94. The summed E-state index contributed by atoms with van der Waals surface area (Å²) in [4.78, 5) is 15.8. The second kappa shape index (κ2) is 4.13. The largest absolute Gasteiger partial charge is 0.432 e. The van der Waals surface area contributed by atoms with Gasteiger partial charge in [0.25, 0.3) is 5.91 Å². The van der Waals surface area contributed by atoms with Gasteiger partial charge < -0.3 is 8.98 Å². The molecule has 0 unspecified atom stereocenters. The first-order chi connectivity index (χ1) is 7.56. The molecule has 2 rings (SSSR count). The van der Waals surface area contributed by atoms with Crippen molar-refractivity contribution in [1.82, 2.24) is 9.55 Å². The summed E-state index contributed by atoms with van der Waals surface area (Å²) >= 11 is 3.30. The molecule has 6 heteroatoms. The maximum atomic E-state index is 11.8. The van der Waals surface area contributed by atoms with Gasteiger partial charge in [0.05, 0.1) is 5.69 Å². The van der Waals surface area contributed by atoms with Crippen molar-refractivity contribution in [3.05, 3.63) is 34.4 Å². The zero-order valence-electron chi connectivity index (χ0n) is 8.82. The molecule has 0 aliphatic rings. The summed E-state index contributed by atoms with van der Waals surface area (Å²) in [5.41, 5.74) is 1.26. The van der Waals surface area contributed by atoms with Crippen LogP contribution in [0.25, 0.3) is 0 Å². The smallest absolute Gasteiger partial charge is 0.301 e. The number of amides is 1. The minimum atomic E-state index is -0.255. The predicted molar refractivity (Wildman–Crippen MR) is 62.3 cm³/mol. The Labute approximate surface area is 101 Å². The highest BCUT2D eigenvalue weighted by Gasteiger charge is 2.13. The van der Waals surface area contributed by atoms with Crippen molar-refractivity contribution in [3.63, 3.8) is 0 Å². The Morgan fingerprint density at radius 2 is 2.38 bits per heavy atom. The number of anilines is 1. The number of aromatic nitrogens is 2. The molecule has 2 heterocycles. The molecule has 1 amide bonds. The topological polar surface area (TPSA) is 60.1 Å². The fourth-order valence-electron chi connectivity index (χ4n) is 1.32. The lowest BCUT2D eigenvalue weighted by Gasteiger charge is -2.01. The highest BCUT2D eigenvalue weighted by Crippen LogP contribution is 2.15. The first kappa shape index (κ1) is 10.9. The molecular formula is C10H10BrN3O2. The summed E-state index contributed by atoms with van der Waals surface area (Å²) in [5, 5.41) is 2.57. The molecule has 0 aliphatic heterocycles. The van der Waals surface area contributed by atoms with Crippen molar-refractivity contribution in [2.45, 2.75) is 6.92 Å². The number of hydrogen-bond donors (Lipinski definition) is 1. The third kappa shape index (κ3) is 2.16. The Hall–Kier alpha value is -1.56. The molecule has 0 aliphatic carbocycles. The Morgan fingerprint density at radius 1 is 1.62 bits per heavy atom. The first-order valence-electron chi connectivity index (χ1n) is 4.61. The number of carbonyl (C=O) groups is 1. The number of carbonyl (C=O) groups excluding carboxylic acids is 1. The van der Waals surface area contributed by atoms with Crippen LogP contribution in [-0.2, 0) is 7.05 Å². The zero-order chi connectivity index (χ0) is 11.7. The first-order valence-corrected chi connectivity index (χ1v) is 5.41. The number of halogens is 1. The van der Waals surface area contributed by atoms with Crippen LogP contribution in [0.2, 0.25) is 0 Å². The predicted octanol–water partition coefficient (Wildman–Crippen LogP) is 2.34. The van der Waals surface area contributed by atoms with Crippen LogP contribution in [0, 0.1) is 6.92 Å². The maximum absolute atomic E-state index is 11.8. The molecule has 0 aromatic carbocycles. The average Bonchev–Trinajstić information content (AvgIpc) is 2.73. The van der Waals surface area contributed by atoms with Crippen LogP contribution in [0.3, 0.4) is 0 Å². The molecule has 1 N–H and O–H groups in total. The van der Waals surface area contributed by atoms with Gasteiger partial charge in [-0.15, -0.1) is 0 Å². The second-order valence-corrected chi connectivity index (χ2v) is 4.32. The third-order valence-electron chi connectivity index (χ3n) is 2.04. The molecule has 0 saturated carbocycles. The molecule has 16 heavy (non-hydrogen) atoms. The highest BCUT2D eigenvalue weighted by atomic mass is 79.9. The van der Waals surface area contributed by atoms with Crippen LogP contribution < -0.4 is 5.32 Å². The summed E-state index contributed by atoms with van der Waals surface area (Å²) in [5.74, 6) is -0.255. The van der Waals surface area contributed by atoms with Gasteiger partial charge >= 0.3 is 6.01 Å². The summed E-state index contributed by atoms with van der Waals surface area (Å²) in [6.45, 7) is 1.79. The number of nitrogens with zero attached hydrogens (tertiary/aromatic N) is 2. The fraction of sp³-hybridized carbons (Fsp3) is 0.200. The van der Waals surface area contributed by atoms with E-state index in [1.165, 1.54) is 6.26 Å². The minimum Gasteiger partial charge on any atom is -0.432 e. The Morgan fingerprint density at radius 3 is 2.88 bits per heavy atom. The van der Waals surface area contributed by atoms with Crippen LogP contribution >= 0.6 is 15.9 Å². The van der Waals surface area contributed by atoms with Crippen molar-refractivity contribution < 1.29 is 9.21 Å². The van der Waals surface area contributed by atoms with E-state index in [0.717, 1.165) is 10.2 Å². The monoisotopic (exact) mass is 283 g/mol. The lowest BCUT2D eigenvalue weighted by atomic mass is 10.4. The highest BCUT2D eigenvalue weighted by molar-refractivity contribution is 9.10. The molecule has 0 radical (unpaired) electrons. The normalized spacial score (nSPS) is 10.4. The van der Waals surface area contributed by atoms with Crippen LogP contribution in [0.4, 0.5) is 6.01 Å². The van der Waals surface area contributed by atoms with Gasteiger partial charge in [-0.3, -0.25) is 10.1 Å². The van der Waals surface area contributed by atoms with Gasteiger partial charge in [-0.2, -0.15) is 4.98 Å². The van der Waals surface area contributed by atoms with Gasteiger partial charge in [0, 0.05) is 17.7 Å². The fourth-order valence-corrected chi connectivity index (χ4v) is 1.85. The van der Waals surface area contributed by atoms with Crippen LogP contribution in [-0.4, -0.2) is 15.5 Å². The van der Waals surface area contributed by atoms with E-state index >= 15 is 0 Å². The SMILES string of the molecule is Cc1coc(NC(=O)c2cc(Br)cn2C)n1. The lowest BCUT2D eigenvalue weighted by Crippen LogP contribution is -2.15. The molecule has 0 atom stereocenters. The van der Waals surface area contributed by atoms with Crippen molar-refractivity contribution in [2.24, 2.45) is 7.05 Å². The van der Waals surface area contributed by atoms with Gasteiger partial charge in [-0.25, -0.2) is 0 Å². The maximum Gasteiger partial charge on any atom is 0.301 e. The number of oxazole rings is 1. The van der Waals surface area contributed by atoms with Crippen LogP contribution in [0.1, 0.15) is 16.2 Å². The molecule has 2 aromatic rings. The van der Waals surface area contributed by atoms with Gasteiger partial charge in [0.1, 0.15) is 12.0 Å². The van der Waals surface area contributed by atoms with Crippen molar-refractivity contribution in [3.8, 4) is 0 Å². The van der Waals surface area contributed by atoms with Crippen molar-refractivity contribution in [1.29, 1.82) is 0 Å². The van der Waals surface area contributed by atoms with Gasteiger partial charge in [0.2, 0.25) is 0 Å². The van der Waals surface area contributed by atoms with Crippen LogP contribution in [0.15, 0.2) is 27.4 Å². The van der Waals surface area contributed by atoms with E-state index in [4.69, 9.17) is 4.42 Å². The van der Waals surface area contributed by atoms with Crippen LogP contribution in [0.5, 0.6) is 0 Å².